The SMILES string of the molecule is CC(=O)O.O=P(O)(O)O.O=P(O)(O)O.[Co].[Co].[Co].[Co]. The van der Waals surface area contributed by atoms with Crippen molar-refractivity contribution >= 4 is 21.6 Å². The Kier molecular flexibility index (Phi) is 49.9. The van der Waals surface area contributed by atoms with Gasteiger partial charge in [0.25, 0.3) is 5.97 Å². The molecule has 0 aromatic heterocycles. The second-order valence-corrected chi connectivity index (χ2v) is 3.60. The van der Waals surface area contributed by atoms with E-state index in [1.807, 2.05) is 0 Å². The van der Waals surface area contributed by atoms with Crippen molar-refractivity contribution in [2.24, 2.45) is 0 Å². The van der Waals surface area contributed by atoms with E-state index >= 15 is 0 Å². The van der Waals surface area contributed by atoms with Gasteiger partial charge < -0.3 is 34.5 Å². The Morgan fingerprint density at radius 3 is 0.722 bits per heavy atom. The quantitative estimate of drug-likeness (QED) is 0.191. The van der Waals surface area contributed by atoms with Crippen molar-refractivity contribution in [2.75, 3.05) is 0 Å². The molecule has 0 saturated heterocycles. The number of hydrogen-bond acceptors (Lipinski definition) is 3. The largest absolute Gasteiger partial charge is 0.481 e. The predicted octanol–water partition coefficient (Wildman–Crippen LogP) is -1.78. The van der Waals surface area contributed by atoms with E-state index in [-0.39, 0.29) is 67.1 Å². The minimum absolute atomic E-state index is 0. The number of hydrogen-bond donors (Lipinski definition) is 7. The molecule has 0 aromatic rings. The Balaban J connectivity index is -0.0000000183. The predicted molar refractivity (Wildman–Crippen MR) is 41.8 cm³/mol. The molecule has 16 heteroatoms. The summed E-state index contributed by atoms with van der Waals surface area (Å²) in [5.41, 5.74) is 0. The van der Waals surface area contributed by atoms with Crippen LogP contribution in [-0.4, -0.2) is 40.4 Å². The molecule has 0 atom stereocenters. The van der Waals surface area contributed by atoms with Crippen LogP contribution in [0.5, 0.6) is 0 Å². The Hall–Kier alpha value is 1.72. The van der Waals surface area contributed by atoms with Gasteiger partial charge in [-0.05, 0) is 0 Å². The van der Waals surface area contributed by atoms with Gasteiger partial charge in [0.1, 0.15) is 0 Å². The zero-order valence-corrected chi connectivity index (χ0v) is 14.0. The molecule has 0 aliphatic rings. The fraction of sp³-hybridized carbons (Fsp3) is 0.500. The third kappa shape index (κ3) is 1680. The van der Waals surface area contributed by atoms with Crippen LogP contribution in [0.4, 0.5) is 0 Å². The molecule has 7 N–H and O–H groups in total. The van der Waals surface area contributed by atoms with Gasteiger partial charge in [0, 0.05) is 74.0 Å². The van der Waals surface area contributed by atoms with Gasteiger partial charge in [-0.3, -0.25) is 4.79 Å². The second-order valence-electron chi connectivity index (χ2n) is 1.55. The summed E-state index contributed by atoms with van der Waals surface area (Å²) in [6.45, 7) is 1.08. The molecular weight excluding hydrogens is 482 g/mol. The molecule has 0 bridgehead atoms. The van der Waals surface area contributed by atoms with Gasteiger partial charge >= 0.3 is 15.6 Å². The molecule has 0 aromatic carbocycles. The molecule has 0 aliphatic carbocycles. The molecule has 0 amide bonds. The molecule has 0 aliphatic heterocycles. The summed E-state index contributed by atoms with van der Waals surface area (Å²) in [6, 6.07) is 0. The average molecular weight is 492 g/mol. The van der Waals surface area contributed by atoms with E-state index in [9.17, 15) is 0 Å². The molecular formula is C2H10Co4O10P2. The summed E-state index contributed by atoms with van der Waals surface area (Å²) in [5, 5.41) is 7.42. The van der Waals surface area contributed by atoms with Crippen molar-refractivity contribution in [3.05, 3.63) is 0 Å². The average Bonchev–Trinajstić information content (AvgIpc) is 1.45. The first-order valence-corrected chi connectivity index (χ1v) is 5.62. The van der Waals surface area contributed by atoms with E-state index in [0.29, 0.717) is 0 Å². The van der Waals surface area contributed by atoms with Crippen LogP contribution >= 0.6 is 15.6 Å². The van der Waals surface area contributed by atoms with E-state index in [2.05, 4.69) is 0 Å². The van der Waals surface area contributed by atoms with Gasteiger partial charge in [0.2, 0.25) is 0 Å². The summed E-state index contributed by atoms with van der Waals surface area (Å²) in [6.07, 6.45) is 0. The van der Waals surface area contributed by atoms with E-state index < -0.39 is 21.6 Å². The topological polar surface area (TPSA) is 193 Å². The van der Waals surface area contributed by atoms with Crippen molar-refractivity contribution in [1.82, 2.24) is 0 Å². The first-order valence-electron chi connectivity index (χ1n) is 2.49. The molecule has 0 rings (SSSR count). The maximum absolute atomic E-state index is 9.00. The third-order valence-electron chi connectivity index (χ3n) is 0. The molecule has 0 heterocycles. The second kappa shape index (κ2) is 21.0. The zero-order chi connectivity index (χ0) is 12.6. The van der Waals surface area contributed by atoms with Crippen molar-refractivity contribution in [3.8, 4) is 0 Å². The number of rotatable bonds is 0. The number of carbonyl (C=O) groups is 1. The van der Waals surface area contributed by atoms with Gasteiger partial charge in [-0.1, -0.05) is 0 Å². The molecule has 4 radical (unpaired) electrons. The number of aliphatic carboxylic acids is 1. The molecule has 0 saturated carbocycles. The molecule has 18 heavy (non-hydrogen) atoms. The van der Waals surface area contributed by atoms with Crippen LogP contribution in [0.2, 0.25) is 0 Å². The molecule has 10 nitrogen and oxygen atoms in total. The van der Waals surface area contributed by atoms with Crippen LogP contribution in [0.15, 0.2) is 0 Å². The summed E-state index contributed by atoms with van der Waals surface area (Å²) < 4.78 is 17.8. The number of carboxylic acids is 1. The maximum atomic E-state index is 9.00. The van der Waals surface area contributed by atoms with Gasteiger partial charge in [-0.25, -0.2) is 9.13 Å². The van der Waals surface area contributed by atoms with Gasteiger partial charge in [-0.15, -0.1) is 0 Å². The van der Waals surface area contributed by atoms with Crippen LogP contribution in [0.3, 0.4) is 0 Å². The maximum Gasteiger partial charge on any atom is 0.466 e. The summed E-state index contributed by atoms with van der Waals surface area (Å²) >= 11 is 0. The molecule has 0 unspecified atom stereocenters. The van der Waals surface area contributed by atoms with Gasteiger partial charge in [0.15, 0.2) is 0 Å². The molecule has 0 fully saturated rings. The smallest absolute Gasteiger partial charge is 0.466 e. The summed E-state index contributed by atoms with van der Waals surface area (Å²) in [7, 11) is -9.28. The Morgan fingerprint density at radius 2 is 0.722 bits per heavy atom. The van der Waals surface area contributed by atoms with E-state index in [1.54, 1.807) is 0 Å². The first-order chi connectivity index (χ1) is 5.73. The summed E-state index contributed by atoms with van der Waals surface area (Å²) in [5.74, 6) is -0.833. The van der Waals surface area contributed by atoms with Crippen LogP contribution in [0.1, 0.15) is 6.92 Å². The monoisotopic (exact) mass is 492 g/mol. The standard InChI is InChI=1S/C2H4O2.4Co.2H3O4P/c1-2(3)4;;;;;2*1-5(2,3)4/h1H3,(H,3,4);;;;;2*(H3,1,2,3,4). The van der Waals surface area contributed by atoms with E-state index in [1.165, 1.54) is 0 Å². The minimum atomic E-state index is -4.64. The van der Waals surface area contributed by atoms with Crippen LogP contribution < -0.4 is 0 Å². The normalized spacial score (nSPS) is 7.94. The van der Waals surface area contributed by atoms with E-state index in [0.717, 1.165) is 6.92 Å². The van der Waals surface area contributed by atoms with E-state index in [4.69, 9.17) is 48.4 Å². The summed E-state index contributed by atoms with van der Waals surface area (Å²) in [4.78, 5) is 52.1. The van der Waals surface area contributed by atoms with Crippen molar-refractivity contribution in [3.63, 3.8) is 0 Å². The zero-order valence-electron chi connectivity index (χ0n) is 8.08. The first kappa shape index (κ1) is 42.7. The van der Waals surface area contributed by atoms with Gasteiger partial charge in [-0.2, -0.15) is 0 Å². The van der Waals surface area contributed by atoms with Crippen molar-refractivity contribution in [2.45, 2.75) is 6.92 Å². The number of phosphoric acid groups is 2. The Morgan fingerprint density at radius 1 is 0.722 bits per heavy atom. The third-order valence-corrected chi connectivity index (χ3v) is 0. The fourth-order valence-electron chi connectivity index (χ4n) is 0. The van der Waals surface area contributed by atoms with Crippen LogP contribution in [0.25, 0.3) is 0 Å². The number of carboxylic acid groups (broad SMARTS) is 1. The van der Waals surface area contributed by atoms with Crippen LogP contribution in [0, 0.1) is 0 Å². The van der Waals surface area contributed by atoms with Crippen molar-refractivity contribution < 1.29 is 116 Å². The molecule has 0 spiro atoms. The minimum Gasteiger partial charge on any atom is -0.481 e. The Labute approximate surface area is 143 Å². The van der Waals surface area contributed by atoms with Gasteiger partial charge in [0.05, 0.1) is 0 Å². The van der Waals surface area contributed by atoms with Crippen molar-refractivity contribution in [1.29, 1.82) is 0 Å². The fourth-order valence-corrected chi connectivity index (χ4v) is 0. The molecule has 124 valence electrons. The Bertz CT molecular complexity index is 206. The van der Waals surface area contributed by atoms with Crippen LogP contribution in [-0.2, 0) is 81.0 Å².